The Morgan fingerprint density at radius 2 is 1.48 bits per heavy atom. The predicted octanol–water partition coefficient (Wildman–Crippen LogP) is 4.95. The fourth-order valence-corrected chi connectivity index (χ4v) is 5.08. The highest BCUT2D eigenvalue weighted by Crippen LogP contribution is 2.26. The maximum Gasteiger partial charge on any atom is 0.264 e. The van der Waals surface area contributed by atoms with E-state index in [2.05, 4.69) is 33.1 Å². The molecule has 3 aromatic carbocycles. The summed E-state index contributed by atoms with van der Waals surface area (Å²) in [4.78, 5) is 12.9. The van der Waals surface area contributed by atoms with E-state index in [1.165, 1.54) is 0 Å². The summed E-state index contributed by atoms with van der Waals surface area (Å²) < 4.78 is 29.2. The fraction of sp³-hybridized carbons (Fsp3) is 0.200. The van der Waals surface area contributed by atoms with Crippen LogP contribution in [-0.4, -0.2) is 26.6 Å². The topological polar surface area (TPSA) is 78.8 Å². The molecule has 0 aliphatic rings. The maximum atomic E-state index is 13.5. The van der Waals surface area contributed by atoms with Crippen LogP contribution in [0.1, 0.15) is 29.2 Å². The fourth-order valence-electron chi connectivity index (χ4n) is 3.31. The number of benzene rings is 3. The van der Waals surface area contributed by atoms with Gasteiger partial charge in [0.15, 0.2) is 0 Å². The minimum atomic E-state index is -3.97. The van der Waals surface area contributed by atoms with Crippen LogP contribution >= 0.6 is 22.6 Å². The minimum absolute atomic E-state index is 0.124. The molecule has 0 aromatic heterocycles. The van der Waals surface area contributed by atoms with Crippen molar-refractivity contribution in [1.82, 2.24) is 5.43 Å². The third kappa shape index (κ3) is 6.42. The summed E-state index contributed by atoms with van der Waals surface area (Å²) in [5.74, 6) is -0.533. The van der Waals surface area contributed by atoms with Crippen molar-refractivity contribution in [3.05, 3.63) is 92.6 Å². The van der Waals surface area contributed by atoms with Crippen LogP contribution in [0.2, 0.25) is 0 Å². The van der Waals surface area contributed by atoms with Gasteiger partial charge in [-0.1, -0.05) is 35.9 Å². The first-order valence-electron chi connectivity index (χ1n) is 10.3. The standard InChI is InChI=1S/C25H26IN3O3S/c1-17-5-11-24(12-6-17)33(31,32)29(23-14-18(2)13-19(3)15-23)16-25(30)28-27-20(4)21-7-9-22(26)10-8-21/h5-15H,16H2,1-4H3,(H,28,30)/b27-20-. The number of carbonyl (C=O) groups is 1. The van der Waals surface area contributed by atoms with Crippen molar-refractivity contribution in [2.75, 3.05) is 10.8 Å². The van der Waals surface area contributed by atoms with E-state index >= 15 is 0 Å². The molecule has 0 aliphatic carbocycles. The molecule has 0 saturated heterocycles. The summed E-state index contributed by atoms with van der Waals surface area (Å²) in [6.07, 6.45) is 0. The van der Waals surface area contributed by atoms with Gasteiger partial charge in [0.05, 0.1) is 16.3 Å². The lowest BCUT2D eigenvalue weighted by molar-refractivity contribution is -0.119. The van der Waals surface area contributed by atoms with Crippen LogP contribution < -0.4 is 9.73 Å². The maximum absolute atomic E-state index is 13.5. The summed E-state index contributed by atoms with van der Waals surface area (Å²) in [7, 11) is -3.97. The van der Waals surface area contributed by atoms with Gasteiger partial charge in [0.2, 0.25) is 0 Å². The molecule has 6 nitrogen and oxygen atoms in total. The summed E-state index contributed by atoms with van der Waals surface area (Å²) in [6, 6.07) is 19.8. The average Bonchev–Trinajstić information content (AvgIpc) is 2.75. The predicted molar refractivity (Wildman–Crippen MR) is 141 cm³/mol. The first-order valence-corrected chi connectivity index (χ1v) is 12.8. The zero-order chi connectivity index (χ0) is 24.2. The number of amides is 1. The second kappa shape index (κ2) is 10.5. The van der Waals surface area contributed by atoms with E-state index in [-0.39, 0.29) is 4.90 Å². The molecule has 0 atom stereocenters. The summed E-state index contributed by atoms with van der Waals surface area (Å²) in [5.41, 5.74) is 7.18. The number of anilines is 1. The van der Waals surface area contributed by atoms with Crippen molar-refractivity contribution in [3.63, 3.8) is 0 Å². The Balaban J connectivity index is 1.91. The Morgan fingerprint density at radius 1 is 0.909 bits per heavy atom. The van der Waals surface area contributed by atoms with Crippen molar-refractivity contribution in [3.8, 4) is 0 Å². The van der Waals surface area contributed by atoms with Crippen molar-refractivity contribution >= 4 is 49.9 Å². The number of hydrogen-bond donors (Lipinski definition) is 1. The zero-order valence-corrected chi connectivity index (χ0v) is 21.9. The molecule has 0 unspecified atom stereocenters. The van der Waals surface area contributed by atoms with Crippen LogP contribution in [0, 0.1) is 24.3 Å². The van der Waals surface area contributed by atoms with Crippen LogP contribution in [0.15, 0.2) is 76.7 Å². The van der Waals surface area contributed by atoms with Crippen LogP contribution in [0.4, 0.5) is 5.69 Å². The van der Waals surface area contributed by atoms with Gasteiger partial charge >= 0.3 is 0 Å². The van der Waals surface area contributed by atoms with E-state index in [0.717, 1.165) is 30.1 Å². The molecule has 3 aromatic rings. The number of halogens is 1. The van der Waals surface area contributed by atoms with Gasteiger partial charge in [-0.3, -0.25) is 9.10 Å². The third-order valence-corrected chi connectivity index (χ3v) is 7.51. The zero-order valence-electron chi connectivity index (χ0n) is 19.0. The van der Waals surface area contributed by atoms with E-state index < -0.39 is 22.5 Å². The molecule has 1 N–H and O–H groups in total. The molecule has 0 saturated carbocycles. The monoisotopic (exact) mass is 575 g/mol. The number of sulfonamides is 1. The highest BCUT2D eigenvalue weighted by molar-refractivity contribution is 14.1. The molecule has 0 radical (unpaired) electrons. The lowest BCUT2D eigenvalue weighted by Crippen LogP contribution is -2.39. The number of hydrogen-bond acceptors (Lipinski definition) is 4. The van der Waals surface area contributed by atoms with Gasteiger partial charge in [-0.2, -0.15) is 5.10 Å². The van der Waals surface area contributed by atoms with Gasteiger partial charge in [-0.05, 0) is 103 Å². The summed E-state index contributed by atoms with van der Waals surface area (Å²) >= 11 is 2.22. The molecule has 3 rings (SSSR count). The van der Waals surface area contributed by atoms with Gasteiger partial charge in [0.25, 0.3) is 15.9 Å². The lowest BCUT2D eigenvalue weighted by Gasteiger charge is -2.24. The van der Waals surface area contributed by atoms with E-state index in [4.69, 9.17) is 0 Å². The number of rotatable bonds is 7. The molecule has 0 spiro atoms. The molecule has 8 heteroatoms. The lowest BCUT2D eigenvalue weighted by atomic mass is 10.1. The Morgan fingerprint density at radius 3 is 2.06 bits per heavy atom. The van der Waals surface area contributed by atoms with Crippen LogP contribution in [0.5, 0.6) is 0 Å². The number of hydrazone groups is 1. The van der Waals surface area contributed by atoms with Crippen LogP contribution in [-0.2, 0) is 14.8 Å². The molecule has 0 heterocycles. The summed E-state index contributed by atoms with van der Waals surface area (Å²) in [5, 5.41) is 4.17. The van der Waals surface area contributed by atoms with E-state index in [0.29, 0.717) is 11.4 Å². The smallest absolute Gasteiger partial charge is 0.264 e. The number of nitrogens with one attached hydrogen (secondary N) is 1. The normalized spacial score (nSPS) is 11.8. The Hall–Kier alpha value is -2.72. The number of nitrogens with zero attached hydrogens (tertiary/aromatic N) is 2. The number of carbonyl (C=O) groups excluding carboxylic acids is 1. The molecule has 0 bridgehead atoms. The van der Waals surface area contributed by atoms with Crippen molar-refractivity contribution in [1.29, 1.82) is 0 Å². The Labute approximate surface area is 208 Å². The molecule has 33 heavy (non-hydrogen) atoms. The summed E-state index contributed by atoms with van der Waals surface area (Å²) in [6.45, 7) is 7.05. The van der Waals surface area contributed by atoms with E-state index in [1.54, 1.807) is 43.3 Å². The molecular weight excluding hydrogens is 549 g/mol. The van der Waals surface area contributed by atoms with Gasteiger partial charge in [-0.15, -0.1) is 0 Å². The second-order valence-corrected chi connectivity index (χ2v) is 11.0. The highest BCUT2D eigenvalue weighted by Gasteiger charge is 2.27. The molecular formula is C25H26IN3O3S. The van der Waals surface area contributed by atoms with Gasteiger partial charge < -0.3 is 0 Å². The van der Waals surface area contributed by atoms with Gasteiger partial charge in [-0.25, -0.2) is 13.8 Å². The quantitative estimate of drug-likeness (QED) is 0.246. The van der Waals surface area contributed by atoms with Crippen molar-refractivity contribution in [2.24, 2.45) is 5.10 Å². The molecule has 0 fully saturated rings. The Bertz CT molecular complexity index is 1270. The minimum Gasteiger partial charge on any atom is -0.271 e. The average molecular weight is 575 g/mol. The third-order valence-electron chi connectivity index (χ3n) is 5.00. The second-order valence-electron chi connectivity index (χ2n) is 7.91. The van der Waals surface area contributed by atoms with E-state index in [9.17, 15) is 13.2 Å². The Kier molecular flexibility index (Phi) is 7.91. The molecule has 1 amide bonds. The van der Waals surface area contributed by atoms with Crippen molar-refractivity contribution < 1.29 is 13.2 Å². The van der Waals surface area contributed by atoms with E-state index in [1.807, 2.05) is 51.1 Å². The SMILES string of the molecule is C/C(=N/NC(=O)CN(c1cc(C)cc(C)c1)S(=O)(=O)c1ccc(C)cc1)c1ccc(I)cc1. The first-order chi connectivity index (χ1) is 15.6. The van der Waals surface area contributed by atoms with Crippen LogP contribution in [0.25, 0.3) is 0 Å². The van der Waals surface area contributed by atoms with Crippen LogP contribution in [0.3, 0.4) is 0 Å². The first kappa shape index (κ1) is 24.9. The molecule has 172 valence electrons. The van der Waals surface area contributed by atoms with Crippen molar-refractivity contribution in [2.45, 2.75) is 32.6 Å². The van der Waals surface area contributed by atoms with Gasteiger partial charge in [0.1, 0.15) is 6.54 Å². The highest BCUT2D eigenvalue weighted by atomic mass is 127. The largest absolute Gasteiger partial charge is 0.271 e. The number of aryl methyl sites for hydroxylation is 3. The molecule has 0 aliphatic heterocycles. The van der Waals surface area contributed by atoms with Gasteiger partial charge in [0, 0.05) is 3.57 Å².